The van der Waals surface area contributed by atoms with E-state index in [1.54, 1.807) is 0 Å². The fraction of sp³-hybridized carbons (Fsp3) is 0.125. The van der Waals surface area contributed by atoms with Crippen molar-refractivity contribution in [3.8, 4) is 23.0 Å². The Morgan fingerprint density at radius 1 is 0.897 bits per heavy atom. The third kappa shape index (κ3) is 4.13. The molecule has 0 atom stereocenters. The number of benzene rings is 2. The van der Waals surface area contributed by atoms with Gasteiger partial charge < -0.3 is 24.4 Å². The van der Waals surface area contributed by atoms with Crippen molar-refractivity contribution in [2.75, 3.05) is 14.2 Å². The number of aromatic carboxylic acids is 1. The first kappa shape index (κ1) is 20.9. The predicted molar refractivity (Wildman–Crippen MR) is 92.9 cm³/mol. The molecule has 0 saturated heterocycles. The number of esters is 1. The Morgan fingerprint density at radius 3 is 1.90 bits per heavy atom. The summed E-state index contributed by atoms with van der Waals surface area (Å²) in [6.07, 6.45) is 0. The van der Waals surface area contributed by atoms with Crippen LogP contribution >= 0.6 is 0 Å². The highest BCUT2D eigenvalue weighted by atomic mass is 16.6. The molecule has 0 saturated carbocycles. The number of phenolic OH excluding ortho intramolecular Hbond substituents is 1. The summed E-state index contributed by atoms with van der Waals surface area (Å²) >= 11 is 0. The maximum atomic E-state index is 12.5. The molecule has 0 aliphatic carbocycles. The first-order valence-corrected chi connectivity index (χ1v) is 7.48. The van der Waals surface area contributed by atoms with Crippen LogP contribution in [0.4, 0.5) is 11.4 Å². The van der Waals surface area contributed by atoms with Crippen molar-refractivity contribution >= 4 is 23.3 Å². The van der Waals surface area contributed by atoms with Crippen molar-refractivity contribution in [1.29, 1.82) is 0 Å². The second kappa shape index (κ2) is 8.08. The van der Waals surface area contributed by atoms with Crippen molar-refractivity contribution in [3.63, 3.8) is 0 Å². The summed E-state index contributed by atoms with van der Waals surface area (Å²) in [5, 5.41) is 41.1. The number of nitro groups is 2. The van der Waals surface area contributed by atoms with E-state index in [0.717, 1.165) is 26.4 Å². The van der Waals surface area contributed by atoms with Gasteiger partial charge in [0, 0.05) is 12.1 Å². The molecule has 0 amide bonds. The summed E-state index contributed by atoms with van der Waals surface area (Å²) in [6, 6.07) is 3.17. The Labute approximate surface area is 161 Å². The second-order valence-electron chi connectivity index (χ2n) is 5.28. The molecule has 0 radical (unpaired) electrons. The Hall–Kier alpha value is -4.42. The monoisotopic (exact) mass is 408 g/mol. The lowest BCUT2D eigenvalue weighted by molar-refractivity contribution is -0.386. The van der Waals surface area contributed by atoms with E-state index in [-0.39, 0.29) is 0 Å². The number of hydrogen-bond acceptors (Lipinski definition) is 10. The molecule has 0 heterocycles. The quantitative estimate of drug-likeness (QED) is 0.295. The van der Waals surface area contributed by atoms with E-state index in [9.17, 15) is 34.9 Å². The van der Waals surface area contributed by atoms with E-state index in [4.69, 9.17) is 19.3 Å². The van der Waals surface area contributed by atoms with Crippen LogP contribution in [0.25, 0.3) is 0 Å². The fourth-order valence-corrected chi connectivity index (χ4v) is 2.26. The summed E-state index contributed by atoms with van der Waals surface area (Å²) in [7, 11) is 2.16. The molecule has 0 fully saturated rings. The minimum atomic E-state index is -1.48. The van der Waals surface area contributed by atoms with Crippen LogP contribution in [0, 0.1) is 20.2 Å². The Balaban J connectivity index is 2.58. The molecule has 13 nitrogen and oxygen atoms in total. The standard InChI is InChI=1S/C16H12N2O11/c1-27-11-6-8(4-9(13(11)19)17(23)24)16(22)29-14-10(18(25)26)3-7(15(20)21)5-12(14)28-2/h3-6,19H,1-2H3,(H,20,21). The maximum Gasteiger partial charge on any atom is 0.344 e. The minimum Gasteiger partial charge on any atom is -0.500 e. The van der Waals surface area contributed by atoms with Crippen LogP contribution in [0.1, 0.15) is 20.7 Å². The minimum absolute atomic E-state index is 0.408. The largest absolute Gasteiger partial charge is 0.500 e. The zero-order valence-electron chi connectivity index (χ0n) is 14.8. The molecule has 0 unspecified atom stereocenters. The van der Waals surface area contributed by atoms with Gasteiger partial charge in [-0.25, -0.2) is 9.59 Å². The van der Waals surface area contributed by atoms with E-state index in [1.165, 1.54) is 0 Å². The number of carbonyl (C=O) groups is 2. The van der Waals surface area contributed by atoms with Crippen molar-refractivity contribution in [1.82, 2.24) is 0 Å². The van der Waals surface area contributed by atoms with Crippen molar-refractivity contribution in [2.45, 2.75) is 0 Å². The molecule has 0 aliphatic heterocycles. The molecule has 2 aromatic rings. The summed E-state index contributed by atoms with van der Waals surface area (Å²) in [6.45, 7) is 0. The number of rotatable bonds is 7. The molecule has 0 aromatic heterocycles. The Bertz CT molecular complexity index is 1030. The third-order valence-electron chi connectivity index (χ3n) is 3.60. The van der Waals surface area contributed by atoms with Gasteiger partial charge in [0.15, 0.2) is 11.5 Å². The van der Waals surface area contributed by atoms with Crippen LogP contribution < -0.4 is 14.2 Å². The first-order chi connectivity index (χ1) is 13.6. The molecule has 13 heteroatoms. The summed E-state index contributed by atoms with van der Waals surface area (Å²) in [4.78, 5) is 43.9. The number of ether oxygens (including phenoxy) is 3. The molecule has 152 valence electrons. The molecule has 0 spiro atoms. The van der Waals surface area contributed by atoms with E-state index in [1.807, 2.05) is 0 Å². The molecule has 2 rings (SSSR count). The zero-order valence-corrected chi connectivity index (χ0v) is 14.8. The topological polar surface area (TPSA) is 189 Å². The van der Waals surface area contributed by atoms with Crippen molar-refractivity contribution in [2.24, 2.45) is 0 Å². The van der Waals surface area contributed by atoms with E-state index in [2.05, 4.69) is 0 Å². The Kier molecular flexibility index (Phi) is 5.82. The lowest BCUT2D eigenvalue weighted by Crippen LogP contribution is -2.12. The number of nitrogens with zero attached hydrogens (tertiary/aromatic N) is 2. The molecule has 0 aliphatic rings. The van der Waals surface area contributed by atoms with E-state index < -0.39 is 67.3 Å². The fourth-order valence-electron chi connectivity index (χ4n) is 2.26. The van der Waals surface area contributed by atoms with Crippen LogP contribution in [0.5, 0.6) is 23.0 Å². The van der Waals surface area contributed by atoms with Crippen LogP contribution in [-0.2, 0) is 0 Å². The summed E-state index contributed by atoms with van der Waals surface area (Å²) in [5.41, 5.74) is -2.70. The van der Waals surface area contributed by atoms with Crippen LogP contribution in [0.3, 0.4) is 0 Å². The van der Waals surface area contributed by atoms with Gasteiger partial charge in [0.2, 0.25) is 11.5 Å². The van der Waals surface area contributed by atoms with Crippen LogP contribution in [0.2, 0.25) is 0 Å². The molecule has 0 bridgehead atoms. The van der Waals surface area contributed by atoms with Gasteiger partial charge in [0.1, 0.15) is 0 Å². The van der Waals surface area contributed by atoms with Gasteiger partial charge >= 0.3 is 23.3 Å². The molecular formula is C16H12N2O11. The van der Waals surface area contributed by atoms with Crippen LogP contribution in [-0.4, -0.2) is 46.2 Å². The normalized spacial score (nSPS) is 10.1. The van der Waals surface area contributed by atoms with Gasteiger partial charge in [-0.1, -0.05) is 0 Å². The van der Waals surface area contributed by atoms with Gasteiger partial charge in [0.25, 0.3) is 0 Å². The van der Waals surface area contributed by atoms with Gasteiger partial charge in [-0.05, 0) is 12.1 Å². The molecule has 29 heavy (non-hydrogen) atoms. The summed E-state index contributed by atoms with van der Waals surface area (Å²) < 4.78 is 14.6. The zero-order chi connectivity index (χ0) is 21.9. The summed E-state index contributed by atoms with van der Waals surface area (Å²) in [5.74, 6) is -5.14. The molecule has 2 aromatic carbocycles. The number of nitro benzene ring substituents is 2. The molecular weight excluding hydrogens is 396 g/mol. The maximum absolute atomic E-state index is 12.5. The number of carbonyl (C=O) groups excluding carboxylic acids is 1. The number of aromatic hydroxyl groups is 1. The first-order valence-electron chi connectivity index (χ1n) is 7.48. The van der Waals surface area contributed by atoms with Crippen molar-refractivity contribution < 1.29 is 43.9 Å². The average molecular weight is 408 g/mol. The van der Waals surface area contributed by atoms with Gasteiger partial charge in [-0.3, -0.25) is 20.2 Å². The number of phenols is 1. The SMILES string of the molecule is COc1cc(C(=O)Oc2c(OC)cc(C(=O)O)cc2[N+](=O)[O-])cc([N+](=O)[O-])c1O. The predicted octanol–water partition coefficient (Wildman–Crippen LogP) is 2.14. The highest BCUT2D eigenvalue weighted by Gasteiger charge is 2.29. The molecule has 2 N–H and O–H groups in total. The number of hydrogen-bond donors (Lipinski definition) is 2. The smallest absolute Gasteiger partial charge is 0.344 e. The number of methoxy groups -OCH3 is 2. The van der Waals surface area contributed by atoms with Crippen LogP contribution in [0.15, 0.2) is 24.3 Å². The lowest BCUT2D eigenvalue weighted by atomic mass is 10.1. The van der Waals surface area contributed by atoms with E-state index in [0.29, 0.717) is 12.1 Å². The Morgan fingerprint density at radius 2 is 1.41 bits per heavy atom. The lowest BCUT2D eigenvalue weighted by Gasteiger charge is -2.11. The second-order valence-corrected chi connectivity index (χ2v) is 5.28. The average Bonchev–Trinajstić information content (AvgIpc) is 2.67. The van der Waals surface area contributed by atoms with E-state index >= 15 is 0 Å². The number of carboxylic acid groups (broad SMARTS) is 1. The number of carboxylic acids is 1. The van der Waals surface area contributed by atoms with Gasteiger partial charge in [-0.15, -0.1) is 0 Å². The van der Waals surface area contributed by atoms with Gasteiger partial charge in [0.05, 0.1) is 35.2 Å². The van der Waals surface area contributed by atoms with Gasteiger partial charge in [-0.2, -0.15) is 0 Å². The van der Waals surface area contributed by atoms with Crippen molar-refractivity contribution in [3.05, 3.63) is 55.6 Å². The highest BCUT2D eigenvalue weighted by Crippen LogP contribution is 2.40. The highest BCUT2D eigenvalue weighted by molar-refractivity contribution is 5.95. The third-order valence-corrected chi connectivity index (χ3v) is 3.60.